The van der Waals surface area contributed by atoms with E-state index < -0.39 is 0 Å². The topological polar surface area (TPSA) is 65.0 Å². The van der Waals surface area contributed by atoms with Crippen molar-refractivity contribution in [1.82, 2.24) is 15.0 Å². The highest BCUT2D eigenvalue weighted by Crippen LogP contribution is 2.61. The minimum Gasteiger partial charge on any atom is -0.455 e. The summed E-state index contributed by atoms with van der Waals surface area (Å²) in [6.07, 6.45) is 12.2. The number of nitrogens with zero attached hydrogens (tertiary/aromatic N) is 3. The van der Waals surface area contributed by atoms with Crippen LogP contribution in [0.5, 0.6) is 0 Å². The Bertz CT molecular complexity index is 3140. The van der Waals surface area contributed by atoms with Crippen molar-refractivity contribution in [3.05, 3.63) is 164 Å². The number of fused-ring (bicyclic) bond motifs is 6. The molecule has 4 fully saturated rings. The van der Waals surface area contributed by atoms with E-state index in [0.717, 1.165) is 106 Å². The fourth-order valence-electron chi connectivity index (χ4n) is 11.9. The molecular formula is C55H41N3O2. The molecule has 5 heteroatoms. The molecule has 0 unspecified atom stereocenters. The van der Waals surface area contributed by atoms with Gasteiger partial charge in [-0.3, -0.25) is 4.98 Å². The Labute approximate surface area is 347 Å². The molecule has 14 rings (SSSR count). The zero-order valence-electron chi connectivity index (χ0n) is 33.1. The maximum absolute atomic E-state index is 6.59. The van der Waals surface area contributed by atoms with Crippen molar-refractivity contribution in [2.75, 3.05) is 0 Å². The second-order valence-corrected chi connectivity index (χ2v) is 17.8. The van der Waals surface area contributed by atoms with E-state index in [1.54, 1.807) is 0 Å². The minimum absolute atomic E-state index is 0.355. The zero-order chi connectivity index (χ0) is 39.4. The molecule has 4 aliphatic carbocycles. The lowest BCUT2D eigenvalue weighted by Gasteiger charge is -2.57. The summed E-state index contributed by atoms with van der Waals surface area (Å²) in [6, 6.07) is 51.7. The maximum Gasteiger partial charge on any atom is 0.160 e. The number of furan rings is 2. The van der Waals surface area contributed by atoms with Gasteiger partial charge in [0, 0.05) is 50.6 Å². The van der Waals surface area contributed by atoms with E-state index >= 15 is 0 Å². The van der Waals surface area contributed by atoms with Crippen LogP contribution in [0.2, 0.25) is 0 Å². The summed E-state index contributed by atoms with van der Waals surface area (Å²) in [5, 5.41) is 4.28. The summed E-state index contributed by atoms with van der Waals surface area (Å²) < 4.78 is 13.2. The smallest absolute Gasteiger partial charge is 0.160 e. The van der Waals surface area contributed by atoms with Crippen LogP contribution in [0.1, 0.15) is 44.1 Å². The Hall–Kier alpha value is -6.85. The van der Waals surface area contributed by atoms with E-state index in [9.17, 15) is 0 Å². The fourth-order valence-corrected chi connectivity index (χ4v) is 11.9. The minimum atomic E-state index is 0.355. The van der Waals surface area contributed by atoms with Crippen molar-refractivity contribution >= 4 is 43.9 Å². The summed E-state index contributed by atoms with van der Waals surface area (Å²) in [4.78, 5) is 15.2. The molecule has 4 saturated carbocycles. The summed E-state index contributed by atoms with van der Waals surface area (Å²) in [6.45, 7) is 0. The molecule has 0 N–H and O–H groups in total. The van der Waals surface area contributed by atoms with E-state index in [0.29, 0.717) is 11.2 Å². The monoisotopic (exact) mass is 775 g/mol. The molecule has 0 aliphatic heterocycles. The third kappa shape index (κ3) is 5.41. The summed E-state index contributed by atoms with van der Waals surface area (Å²) in [7, 11) is 0. The van der Waals surface area contributed by atoms with Gasteiger partial charge in [-0.15, -0.1) is 0 Å². The van der Waals surface area contributed by atoms with Gasteiger partial charge in [-0.25, -0.2) is 9.97 Å². The van der Waals surface area contributed by atoms with Crippen molar-refractivity contribution < 1.29 is 8.83 Å². The molecule has 0 amide bonds. The lowest BCUT2D eigenvalue weighted by atomic mass is 9.48. The molecule has 6 aromatic carbocycles. The van der Waals surface area contributed by atoms with E-state index in [2.05, 4.69) is 126 Å². The SMILES string of the molecule is c1ccc2c(c1)oc1c(-c3cc(-c4cccc5c4oc4ccccc45)nc(-c4cc(-c5ccncc5)cc(-c5ccc(C67CC8CC(CC(C8)C6)C7)cc5)c4)n3)cccc12. The van der Waals surface area contributed by atoms with Gasteiger partial charge in [0.1, 0.15) is 22.3 Å². The van der Waals surface area contributed by atoms with E-state index in [-0.39, 0.29) is 0 Å². The summed E-state index contributed by atoms with van der Waals surface area (Å²) in [5.74, 6) is 3.36. The highest BCUT2D eigenvalue weighted by molar-refractivity contribution is 6.11. The van der Waals surface area contributed by atoms with Gasteiger partial charge in [0.05, 0.1) is 11.4 Å². The first-order valence-corrected chi connectivity index (χ1v) is 21.5. The normalized spacial score (nSPS) is 20.8. The molecule has 5 nitrogen and oxygen atoms in total. The van der Waals surface area contributed by atoms with Crippen LogP contribution in [0.3, 0.4) is 0 Å². The predicted octanol–water partition coefficient (Wildman–Crippen LogP) is 14.5. The molecule has 0 spiro atoms. The van der Waals surface area contributed by atoms with Gasteiger partial charge in [-0.2, -0.15) is 0 Å². The Morgan fingerprint density at radius 2 is 0.917 bits per heavy atom. The molecule has 4 heterocycles. The van der Waals surface area contributed by atoms with Gasteiger partial charge in [-0.1, -0.05) is 84.9 Å². The van der Waals surface area contributed by atoms with Crippen molar-refractivity contribution in [1.29, 1.82) is 0 Å². The molecule has 288 valence electrons. The van der Waals surface area contributed by atoms with Gasteiger partial charge in [0.25, 0.3) is 0 Å². The largest absolute Gasteiger partial charge is 0.455 e. The Morgan fingerprint density at radius 1 is 0.433 bits per heavy atom. The number of hydrogen-bond acceptors (Lipinski definition) is 5. The van der Waals surface area contributed by atoms with Crippen LogP contribution in [-0.4, -0.2) is 15.0 Å². The Kier molecular flexibility index (Phi) is 7.42. The molecule has 60 heavy (non-hydrogen) atoms. The average molecular weight is 776 g/mol. The highest BCUT2D eigenvalue weighted by Gasteiger charge is 2.51. The number of hydrogen-bond donors (Lipinski definition) is 0. The third-order valence-corrected chi connectivity index (χ3v) is 14.2. The van der Waals surface area contributed by atoms with Gasteiger partial charge in [-0.05, 0) is 150 Å². The number of aromatic nitrogens is 3. The van der Waals surface area contributed by atoms with Crippen molar-refractivity contribution in [3.8, 4) is 56.2 Å². The van der Waals surface area contributed by atoms with E-state index in [1.165, 1.54) is 49.7 Å². The standard InChI is InChI=1S/C55H41N3O2/c1-3-13-50-42(7-1)44-9-5-11-46(52(44)59-50)48-29-49(47-12-6-10-45-43-8-2-4-14-51(43)60-53(45)47)58-54(57-48)40-27-38(26-39(28-40)37-19-21-56-22-20-37)36-15-17-41(18-16-36)55-30-33-23-34(31-55)25-35(24-33)32-55/h1-22,26-29,33-35H,23-25,30-32H2. The second-order valence-electron chi connectivity index (χ2n) is 17.8. The van der Waals surface area contributed by atoms with Crippen molar-refractivity contribution in [2.24, 2.45) is 17.8 Å². The molecule has 0 saturated heterocycles. The number of para-hydroxylation sites is 4. The van der Waals surface area contributed by atoms with Crippen LogP contribution in [0.15, 0.2) is 167 Å². The van der Waals surface area contributed by atoms with Gasteiger partial charge >= 0.3 is 0 Å². The van der Waals surface area contributed by atoms with Crippen LogP contribution in [0.4, 0.5) is 0 Å². The van der Waals surface area contributed by atoms with Gasteiger partial charge in [0.2, 0.25) is 0 Å². The van der Waals surface area contributed by atoms with Crippen LogP contribution >= 0.6 is 0 Å². The quantitative estimate of drug-likeness (QED) is 0.168. The number of rotatable bonds is 6. The lowest BCUT2D eigenvalue weighted by Crippen LogP contribution is -2.48. The summed E-state index contributed by atoms with van der Waals surface area (Å²) in [5.41, 5.74) is 14.0. The van der Waals surface area contributed by atoms with Crippen molar-refractivity contribution in [3.63, 3.8) is 0 Å². The molecule has 0 atom stereocenters. The average Bonchev–Trinajstić information content (AvgIpc) is 3.88. The number of benzene rings is 6. The zero-order valence-corrected chi connectivity index (χ0v) is 33.1. The third-order valence-electron chi connectivity index (χ3n) is 14.2. The predicted molar refractivity (Wildman–Crippen MR) is 241 cm³/mol. The molecule has 10 aromatic rings. The molecule has 4 aromatic heterocycles. The molecular weight excluding hydrogens is 735 g/mol. The van der Waals surface area contributed by atoms with Crippen LogP contribution in [-0.2, 0) is 5.41 Å². The van der Waals surface area contributed by atoms with Crippen LogP contribution in [0.25, 0.3) is 100 Å². The molecule has 4 bridgehead atoms. The Morgan fingerprint density at radius 3 is 1.47 bits per heavy atom. The number of pyridine rings is 1. The van der Waals surface area contributed by atoms with Crippen LogP contribution in [0, 0.1) is 17.8 Å². The van der Waals surface area contributed by atoms with Crippen molar-refractivity contribution in [2.45, 2.75) is 43.9 Å². The lowest BCUT2D eigenvalue weighted by molar-refractivity contribution is -0.00518. The van der Waals surface area contributed by atoms with Gasteiger partial charge in [0.15, 0.2) is 5.82 Å². The summed E-state index contributed by atoms with van der Waals surface area (Å²) >= 11 is 0. The van der Waals surface area contributed by atoms with E-state index in [4.69, 9.17) is 18.8 Å². The fraction of sp³-hybridized carbons (Fsp3) is 0.182. The highest BCUT2D eigenvalue weighted by atomic mass is 16.3. The first-order valence-electron chi connectivity index (χ1n) is 21.5. The van der Waals surface area contributed by atoms with Gasteiger partial charge < -0.3 is 8.83 Å². The first kappa shape index (κ1) is 34.1. The first-order chi connectivity index (χ1) is 29.6. The van der Waals surface area contributed by atoms with Crippen LogP contribution < -0.4 is 0 Å². The Balaban J connectivity index is 1.01. The van der Waals surface area contributed by atoms with E-state index in [1.807, 2.05) is 36.7 Å². The molecule has 4 aliphatic rings. The molecule has 0 radical (unpaired) electrons. The second kappa shape index (κ2) is 13.1. The maximum atomic E-state index is 6.59.